The van der Waals surface area contributed by atoms with Crippen LogP contribution in [0.5, 0.6) is 0 Å². The number of hydrogen-bond acceptors (Lipinski definition) is 1. The van der Waals surface area contributed by atoms with Gasteiger partial charge in [-0.3, -0.25) is 0 Å². The van der Waals surface area contributed by atoms with Crippen molar-refractivity contribution in [2.75, 3.05) is 0 Å². The first-order valence-corrected chi connectivity index (χ1v) is 6.21. The van der Waals surface area contributed by atoms with Crippen molar-refractivity contribution in [2.45, 2.75) is 38.5 Å². The Hall–Kier alpha value is -0.990. The molecule has 2 aliphatic rings. The molecule has 1 fully saturated rings. The van der Waals surface area contributed by atoms with Crippen LogP contribution in [-0.2, 0) is 4.79 Å². The summed E-state index contributed by atoms with van der Waals surface area (Å²) in [5, 5.41) is 0. The van der Waals surface area contributed by atoms with Crippen LogP contribution in [0.25, 0.3) is 0 Å². The standard InChI is InChI=1S/C14H18F2O/c1-14(15,16)13-7-11(5-4-10-2-3-10)6-12(8-13)9-17/h4-5,7,9-10,12-13H,2-3,6,8H2,1H3/b5-4+. The van der Waals surface area contributed by atoms with Crippen molar-refractivity contribution in [3.8, 4) is 0 Å². The van der Waals surface area contributed by atoms with Crippen LogP contribution in [0.4, 0.5) is 8.78 Å². The van der Waals surface area contributed by atoms with Crippen LogP contribution < -0.4 is 0 Å². The Balaban J connectivity index is 2.11. The number of aldehydes is 1. The smallest absolute Gasteiger partial charge is 0.251 e. The van der Waals surface area contributed by atoms with Gasteiger partial charge in [-0.2, -0.15) is 0 Å². The average Bonchev–Trinajstić information content (AvgIpc) is 3.08. The summed E-state index contributed by atoms with van der Waals surface area (Å²) < 4.78 is 26.6. The zero-order valence-electron chi connectivity index (χ0n) is 10.0. The lowest BCUT2D eigenvalue weighted by molar-refractivity contribution is -0.112. The first-order chi connectivity index (χ1) is 7.99. The highest BCUT2D eigenvalue weighted by Crippen LogP contribution is 2.38. The molecular weight excluding hydrogens is 222 g/mol. The molecule has 17 heavy (non-hydrogen) atoms. The first-order valence-electron chi connectivity index (χ1n) is 6.21. The molecular formula is C14H18F2O. The molecule has 94 valence electrons. The number of rotatable bonds is 4. The van der Waals surface area contributed by atoms with Crippen molar-refractivity contribution in [2.24, 2.45) is 17.8 Å². The van der Waals surface area contributed by atoms with Gasteiger partial charge in [-0.1, -0.05) is 23.8 Å². The number of hydrogen-bond donors (Lipinski definition) is 0. The summed E-state index contributed by atoms with van der Waals surface area (Å²) in [4.78, 5) is 10.8. The van der Waals surface area contributed by atoms with E-state index < -0.39 is 11.8 Å². The number of allylic oxidation sites excluding steroid dienone is 4. The predicted molar refractivity (Wildman–Crippen MR) is 62.8 cm³/mol. The van der Waals surface area contributed by atoms with Gasteiger partial charge in [-0.25, -0.2) is 8.78 Å². The molecule has 2 rings (SSSR count). The van der Waals surface area contributed by atoms with Crippen LogP contribution in [-0.4, -0.2) is 12.2 Å². The molecule has 0 N–H and O–H groups in total. The van der Waals surface area contributed by atoms with Crippen LogP contribution >= 0.6 is 0 Å². The molecule has 2 aliphatic carbocycles. The Morgan fingerprint density at radius 3 is 2.59 bits per heavy atom. The van der Waals surface area contributed by atoms with Gasteiger partial charge in [0.05, 0.1) is 0 Å². The molecule has 0 saturated heterocycles. The quantitative estimate of drug-likeness (QED) is 0.684. The van der Waals surface area contributed by atoms with E-state index in [2.05, 4.69) is 6.08 Å². The second-order valence-corrected chi connectivity index (χ2v) is 5.34. The predicted octanol–water partition coefficient (Wildman–Crippen LogP) is 3.76. The van der Waals surface area contributed by atoms with E-state index in [1.165, 1.54) is 12.8 Å². The first kappa shape index (κ1) is 12.5. The molecule has 0 aliphatic heterocycles. The average molecular weight is 240 g/mol. The van der Waals surface area contributed by atoms with Gasteiger partial charge in [0.2, 0.25) is 0 Å². The molecule has 0 amide bonds. The van der Waals surface area contributed by atoms with Crippen molar-refractivity contribution in [1.29, 1.82) is 0 Å². The molecule has 3 heteroatoms. The van der Waals surface area contributed by atoms with Gasteiger partial charge in [0, 0.05) is 11.8 Å². The lowest BCUT2D eigenvalue weighted by atomic mass is 9.80. The fourth-order valence-corrected chi connectivity index (χ4v) is 2.24. The van der Waals surface area contributed by atoms with E-state index in [0.29, 0.717) is 12.3 Å². The SMILES string of the molecule is CC(F)(F)C1C=C(/C=C/C2CC2)CC(C=O)C1. The van der Waals surface area contributed by atoms with Crippen LogP contribution in [0.2, 0.25) is 0 Å². The highest BCUT2D eigenvalue weighted by molar-refractivity contribution is 5.55. The topological polar surface area (TPSA) is 17.1 Å². The minimum Gasteiger partial charge on any atom is -0.303 e. The van der Waals surface area contributed by atoms with E-state index in [1.807, 2.05) is 6.08 Å². The summed E-state index contributed by atoms with van der Waals surface area (Å²) in [6.45, 7) is 0.934. The molecule has 0 radical (unpaired) electrons. The third-order valence-electron chi connectivity index (χ3n) is 3.52. The van der Waals surface area contributed by atoms with E-state index in [1.54, 1.807) is 6.08 Å². The molecule has 2 unspecified atom stereocenters. The molecule has 0 bridgehead atoms. The third-order valence-corrected chi connectivity index (χ3v) is 3.52. The summed E-state index contributed by atoms with van der Waals surface area (Å²) >= 11 is 0. The van der Waals surface area contributed by atoms with Crippen LogP contribution in [0, 0.1) is 17.8 Å². The minimum absolute atomic E-state index is 0.255. The molecule has 1 nitrogen and oxygen atoms in total. The Labute approximate surface area is 101 Å². The lowest BCUT2D eigenvalue weighted by Gasteiger charge is -2.28. The van der Waals surface area contributed by atoms with E-state index in [-0.39, 0.29) is 12.3 Å². The number of halogens is 2. The molecule has 0 spiro atoms. The summed E-state index contributed by atoms with van der Waals surface area (Å²) in [6, 6.07) is 0. The molecule has 2 atom stereocenters. The summed E-state index contributed by atoms with van der Waals surface area (Å²) in [5.74, 6) is -3.16. The van der Waals surface area contributed by atoms with Gasteiger partial charge in [-0.15, -0.1) is 0 Å². The van der Waals surface area contributed by atoms with Gasteiger partial charge in [0.1, 0.15) is 6.29 Å². The minimum atomic E-state index is -2.74. The highest BCUT2D eigenvalue weighted by atomic mass is 19.3. The van der Waals surface area contributed by atoms with Crippen LogP contribution in [0.3, 0.4) is 0 Å². The van der Waals surface area contributed by atoms with E-state index in [9.17, 15) is 13.6 Å². The van der Waals surface area contributed by atoms with Crippen molar-refractivity contribution in [3.05, 3.63) is 23.8 Å². The van der Waals surface area contributed by atoms with Gasteiger partial charge >= 0.3 is 0 Å². The largest absolute Gasteiger partial charge is 0.303 e. The van der Waals surface area contributed by atoms with E-state index in [4.69, 9.17) is 0 Å². The van der Waals surface area contributed by atoms with E-state index in [0.717, 1.165) is 18.8 Å². The molecule has 0 aromatic carbocycles. The van der Waals surface area contributed by atoms with Gasteiger partial charge < -0.3 is 4.79 Å². The Morgan fingerprint density at radius 1 is 1.35 bits per heavy atom. The monoisotopic (exact) mass is 240 g/mol. The zero-order chi connectivity index (χ0) is 12.5. The Bertz CT molecular complexity index is 348. The second kappa shape index (κ2) is 4.71. The summed E-state index contributed by atoms with van der Waals surface area (Å²) in [7, 11) is 0. The maximum Gasteiger partial charge on any atom is 0.251 e. The van der Waals surface area contributed by atoms with Crippen molar-refractivity contribution in [1.82, 2.24) is 0 Å². The molecule has 0 aromatic heterocycles. The number of carbonyl (C=O) groups excluding carboxylic acids is 1. The van der Waals surface area contributed by atoms with Crippen molar-refractivity contribution >= 4 is 6.29 Å². The second-order valence-electron chi connectivity index (χ2n) is 5.34. The van der Waals surface area contributed by atoms with E-state index >= 15 is 0 Å². The van der Waals surface area contributed by atoms with Crippen LogP contribution in [0.1, 0.15) is 32.6 Å². The summed E-state index contributed by atoms with van der Waals surface area (Å²) in [5.41, 5.74) is 0.895. The fraction of sp³-hybridized carbons (Fsp3) is 0.643. The molecule has 0 heterocycles. The number of carbonyl (C=O) groups is 1. The number of alkyl halides is 2. The molecule has 1 saturated carbocycles. The van der Waals surface area contributed by atoms with Crippen molar-refractivity contribution < 1.29 is 13.6 Å². The zero-order valence-corrected chi connectivity index (χ0v) is 10.0. The van der Waals surface area contributed by atoms with Crippen molar-refractivity contribution in [3.63, 3.8) is 0 Å². The Morgan fingerprint density at radius 2 is 2.06 bits per heavy atom. The van der Waals surface area contributed by atoms with Gasteiger partial charge in [0.25, 0.3) is 5.92 Å². The summed E-state index contributed by atoms with van der Waals surface area (Å²) in [6.07, 6.45) is 9.78. The maximum atomic E-state index is 13.3. The third kappa shape index (κ3) is 3.48. The van der Waals surface area contributed by atoms with Gasteiger partial charge in [0.15, 0.2) is 0 Å². The fourth-order valence-electron chi connectivity index (χ4n) is 2.24. The molecule has 0 aromatic rings. The lowest BCUT2D eigenvalue weighted by Crippen LogP contribution is -2.28. The van der Waals surface area contributed by atoms with Gasteiger partial charge in [-0.05, 0) is 38.5 Å². The van der Waals surface area contributed by atoms with Crippen LogP contribution in [0.15, 0.2) is 23.8 Å². The highest BCUT2D eigenvalue weighted by Gasteiger charge is 2.36. The maximum absolute atomic E-state index is 13.3. The Kier molecular flexibility index (Phi) is 3.45. The normalized spacial score (nSPS) is 30.4.